The van der Waals surface area contributed by atoms with Crippen LogP contribution in [-0.2, 0) is 5.13 Å². The van der Waals surface area contributed by atoms with E-state index in [0.717, 1.165) is 0 Å². The van der Waals surface area contributed by atoms with Crippen molar-refractivity contribution in [2.24, 2.45) is 0 Å². The van der Waals surface area contributed by atoms with E-state index in [4.69, 9.17) is 23.1 Å². The standard InChI is InChI=1S/C15H11ClF2N6/c16-15(18)11(22-7-4-2-1-3-5-7)8(6-19)10(17)9-12(15)23-14(21)24-13(9)20/h1-5,11,22H,(H4,20,21,23,24). The predicted octanol–water partition coefficient (Wildman–Crippen LogP) is 2.70. The summed E-state index contributed by atoms with van der Waals surface area (Å²) in [7, 11) is 0. The highest BCUT2D eigenvalue weighted by Gasteiger charge is 2.51. The zero-order valence-electron chi connectivity index (χ0n) is 12.1. The first-order valence-electron chi connectivity index (χ1n) is 6.79. The largest absolute Gasteiger partial charge is 0.383 e. The van der Waals surface area contributed by atoms with Crippen LogP contribution in [-0.4, -0.2) is 16.0 Å². The van der Waals surface area contributed by atoms with Crippen LogP contribution in [0.25, 0.3) is 5.83 Å². The Hall–Kier alpha value is -2.92. The molecular formula is C15H11ClF2N6. The second kappa shape index (κ2) is 5.62. The number of nitrogens with zero attached hydrogens (tertiary/aromatic N) is 3. The quantitative estimate of drug-likeness (QED) is 0.719. The maximum absolute atomic E-state index is 15.3. The Bertz CT molecular complexity index is 876. The normalized spacial score (nSPS) is 22.7. The van der Waals surface area contributed by atoms with Crippen molar-refractivity contribution in [3.8, 4) is 6.07 Å². The number of rotatable bonds is 2. The predicted molar refractivity (Wildman–Crippen MR) is 87.0 cm³/mol. The number of fused-ring (bicyclic) bond motifs is 1. The zero-order chi connectivity index (χ0) is 17.5. The Kier molecular flexibility index (Phi) is 3.73. The molecule has 0 saturated carbocycles. The molecule has 6 nitrogen and oxygen atoms in total. The molecule has 1 aromatic carbocycles. The van der Waals surface area contributed by atoms with Gasteiger partial charge >= 0.3 is 0 Å². The van der Waals surface area contributed by atoms with Crippen LogP contribution < -0.4 is 16.8 Å². The molecule has 3 rings (SSSR count). The average Bonchev–Trinajstić information content (AvgIpc) is 2.53. The topological polar surface area (TPSA) is 114 Å². The lowest BCUT2D eigenvalue weighted by molar-refractivity contribution is 0.252. The lowest BCUT2D eigenvalue weighted by Gasteiger charge is -2.34. The van der Waals surface area contributed by atoms with E-state index in [0.29, 0.717) is 5.69 Å². The molecule has 2 atom stereocenters. The van der Waals surface area contributed by atoms with E-state index < -0.39 is 33.8 Å². The maximum Gasteiger partial charge on any atom is 0.251 e. The summed E-state index contributed by atoms with van der Waals surface area (Å²) in [4.78, 5) is 7.29. The first kappa shape index (κ1) is 16.0. The molecule has 0 fully saturated rings. The molecular weight excluding hydrogens is 338 g/mol. The van der Waals surface area contributed by atoms with Gasteiger partial charge in [0.05, 0.1) is 11.1 Å². The summed E-state index contributed by atoms with van der Waals surface area (Å²) < 4.78 is 30.1. The number of halogens is 3. The Morgan fingerprint density at radius 1 is 1.25 bits per heavy atom. The van der Waals surface area contributed by atoms with Crippen LogP contribution >= 0.6 is 11.6 Å². The number of nitrogens with two attached hydrogens (primary N) is 2. The number of nitrogens with one attached hydrogen (secondary N) is 1. The molecule has 9 heteroatoms. The lowest BCUT2D eigenvalue weighted by atomic mass is 9.89. The van der Waals surface area contributed by atoms with Crippen LogP contribution in [0.15, 0.2) is 35.9 Å². The van der Waals surface area contributed by atoms with Gasteiger partial charge in [-0.15, -0.1) is 0 Å². The second-order valence-electron chi connectivity index (χ2n) is 5.10. The van der Waals surface area contributed by atoms with Gasteiger partial charge in [-0.05, 0) is 12.1 Å². The van der Waals surface area contributed by atoms with Crippen molar-refractivity contribution in [2.45, 2.75) is 11.2 Å². The molecule has 0 bridgehead atoms. The average molecular weight is 349 g/mol. The third-order valence-electron chi connectivity index (χ3n) is 3.58. The molecule has 24 heavy (non-hydrogen) atoms. The van der Waals surface area contributed by atoms with Crippen LogP contribution in [0.2, 0.25) is 0 Å². The van der Waals surface area contributed by atoms with Crippen molar-refractivity contribution in [1.29, 1.82) is 5.26 Å². The van der Waals surface area contributed by atoms with Gasteiger partial charge in [-0.1, -0.05) is 29.8 Å². The highest BCUT2D eigenvalue weighted by atomic mass is 35.5. The summed E-state index contributed by atoms with van der Waals surface area (Å²) in [6, 6.07) is 8.50. The third-order valence-corrected chi connectivity index (χ3v) is 3.98. The van der Waals surface area contributed by atoms with Gasteiger partial charge in [0.2, 0.25) is 5.95 Å². The van der Waals surface area contributed by atoms with Gasteiger partial charge in [0.25, 0.3) is 5.13 Å². The molecule has 1 aliphatic rings. The molecule has 1 aromatic heterocycles. The number of alkyl halides is 2. The van der Waals surface area contributed by atoms with Crippen LogP contribution in [0.4, 0.5) is 26.2 Å². The van der Waals surface area contributed by atoms with E-state index in [1.807, 2.05) is 0 Å². The molecule has 0 radical (unpaired) electrons. The van der Waals surface area contributed by atoms with Crippen molar-refractivity contribution in [1.82, 2.24) is 9.97 Å². The number of hydrogen-bond acceptors (Lipinski definition) is 6. The van der Waals surface area contributed by atoms with E-state index >= 15 is 4.39 Å². The number of para-hydroxylation sites is 1. The second-order valence-corrected chi connectivity index (χ2v) is 5.65. The van der Waals surface area contributed by atoms with Gasteiger partial charge in [0.15, 0.2) is 5.83 Å². The zero-order valence-corrected chi connectivity index (χ0v) is 12.9. The minimum Gasteiger partial charge on any atom is -0.383 e. The number of nitriles is 1. The molecule has 0 aliphatic heterocycles. The Morgan fingerprint density at radius 3 is 2.54 bits per heavy atom. The Morgan fingerprint density at radius 2 is 1.92 bits per heavy atom. The molecule has 5 N–H and O–H groups in total. The summed E-state index contributed by atoms with van der Waals surface area (Å²) >= 11 is 6.02. The van der Waals surface area contributed by atoms with Gasteiger partial charge in [0.1, 0.15) is 23.6 Å². The van der Waals surface area contributed by atoms with Gasteiger partial charge in [-0.3, -0.25) is 0 Å². The van der Waals surface area contributed by atoms with Gasteiger partial charge in [-0.25, -0.2) is 13.8 Å². The molecule has 122 valence electrons. The molecule has 1 aliphatic carbocycles. The van der Waals surface area contributed by atoms with E-state index in [1.165, 1.54) is 0 Å². The van der Waals surface area contributed by atoms with E-state index in [1.54, 1.807) is 36.4 Å². The molecule has 2 unspecified atom stereocenters. The van der Waals surface area contributed by atoms with Gasteiger partial charge < -0.3 is 16.8 Å². The number of anilines is 3. The Balaban J connectivity index is 2.21. The monoisotopic (exact) mass is 348 g/mol. The molecule has 0 spiro atoms. The fourth-order valence-corrected chi connectivity index (χ4v) is 2.81. The fraction of sp³-hybridized carbons (Fsp3) is 0.133. The van der Waals surface area contributed by atoms with E-state index in [9.17, 15) is 9.65 Å². The summed E-state index contributed by atoms with van der Waals surface area (Å²) in [6.07, 6.45) is 0. The molecule has 0 saturated heterocycles. The van der Waals surface area contributed by atoms with Crippen LogP contribution in [0, 0.1) is 11.3 Å². The number of benzene rings is 1. The summed E-state index contributed by atoms with van der Waals surface area (Å²) in [5.74, 6) is -1.77. The van der Waals surface area contributed by atoms with Crippen molar-refractivity contribution in [3.05, 3.63) is 47.2 Å². The van der Waals surface area contributed by atoms with Crippen molar-refractivity contribution in [2.75, 3.05) is 16.8 Å². The van der Waals surface area contributed by atoms with Crippen LogP contribution in [0.1, 0.15) is 11.3 Å². The minimum atomic E-state index is -2.75. The SMILES string of the molecule is N#CC1=C(F)c2c(N)nc(N)nc2C(F)(Cl)C1Nc1ccccc1. The third kappa shape index (κ3) is 2.39. The summed E-state index contributed by atoms with van der Waals surface area (Å²) in [5, 5.41) is 9.25. The highest BCUT2D eigenvalue weighted by molar-refractivity contribution is 6.24. The number of hydrogen-bond donors (Lipinski definition) is 3. The minimum absolute atomic E-state index is 0.347. The van der Waals surface area contributed by atoms with Crippen molar-refractivity contribution in [3.63, 3.8) is 0 Å². The smallest absolute Gasteiger partial charge is 0.251 e. The van der Waals surface area contributed by atoms with Crippen molar-refractivity contribution < 1.29 is 8.78 Å². The van der Waals surface area contributed by atoms with Gasteiger partial charge in [0, 0.05) is 5.69 Å². The highest BCUT2D eigenvalue weighted by Crippen LogP contribution is 2.48. The lowest BCUT2D eigenvalue weighted by Crippen LogP contribution is -2.42. The first-order chi connectivity index (χ1) is 11.4. The summed E-state index contributed by atoms with van der Waals surface area (Å²) in [5.41, 5.74) is 10.0. The van der Waals surface area contributed by atoms with Crippen molar-refractivity contribution >= 4 is 34.9 Å². The first-order valence-corrected chi connectivity index (χ1v) is 7.17. The van der Waals surface area contributed by atoms with E-state index in [-0.39, 0.29) is 11.8 Å². The Labute approximate surface area is 140 Å². The summed E-state index contributed by atoms with van der Waals surface area (Å²) in [6.45, 7) is 0. The van der Waals surface area contributed by atoms with E-state index in [2.05, 4.69) is 15.3 Å². The molecule has 2 aromatic rings. The van der Waals surface area contributed by atoms with Crippen LogP contribution in [0.5, 0.6) is 0 Å². The molecule has 0 amide bonds. The van der Waals surface area contributed by atoms with Gasteiger partial charge in [-0.2, -0.15) is 10.2 Å². The van der Waals surface area contributed by atoms with Crippen LogP contribution in [0.3, 0.4) is 0 Å². The number of nitrogen functional groups attached to an aromatic ring is 2. The number of aromatic nitrogens is 2. The molecule has 1 heterocycles. The fourth-order valence-electron chi connectivity index (χ4n) is 2.51. The maximum atomic E-state index is 15.3.